The topological polar surface area (TPSA) is 105 Å². The number of rotatable bonds is 32. The van der Waals surface area contributed by atoms with Gasteiger partial charge in [-0.3, -0.25) is 9.59 Å². The lowest BCUT2D eigenvalue weighted by atomic mass is 10.0. The van der Waals surface area contributed by atoms with Crippen LogP contribution in [-0.4, -0.2) is 32.2 Å². The van der Waals surface area contributed by atoms with Crippen LogP contribution in [0.3, 0.4) is 0 Å². The van der Waals surface area contributed by atoms with E-state index in [-0.39, 0.29) is 11.6 Å². The molecule has 0 aromatic heterocycles. The Labute approximate surface area is 252 Å². The van der Waals surface area contributed by atoms with E-state index >= 15 is 0 Å². The second-order valence-corrected chi connectivity index (χ2v) is 12.6. The third-order valence-electron chi connectivity index (χ3n) is 7.49. The van der Waals surface area contributed by atoms with Gasteiger partial charge in [0.15, 0.2) is 11.6 Å². The lowest BCUT2D eigenvalue weighted by molar-refractivity contribution is -0.280. The van der Waals surface area contributed by atoms with Crippen molar-refractivity contribution in [3.05, 3.63) is 0 Å². The molecule has 0 amide bonds. The standard InChI is InChI=1S/C32H62O8S/c1-5-7-9-11-13-15-17-19-21-23-25-27-31(33)29(3)37-39-41(35,36)40-38-30(4)32(34)28-26-24-22-20-18-16-14-12-10-8-6-2/h29-30H,5-28H2,1-4H3. The first kappa shape index (κ1) is 40.1. The van der Waals surface area contributed by atoms with Crippen LogP contribution in [0.2, 0.25) is 0 Å². The predicted octanol–water partition coefficient (Wildman–Crippen LogP) is 9.45. The molecule has 0 aliphatic rings. The van der Waals surface area contributed by atoms with E-state index in [1.807, 2.05) is 0 Å². The Balaban J connectivity index is 3.82. The molecule has 0 N–H and O–H groups in total. The molecular weight excluding hydrogens is 544 g/mol. The van der Waals surface area contributed by atoms with Gasteiger partial charge in [-0.15, -0.1) is 0 Å². The van der Waals surface area contributed by atoms with Crippen LogP contribution >= 0.6 is 0 Å². The maximum Gasteiger partial charge on any atom is 0.453 e. The molecule has 244 valence electrons. The summed E-state index contributed by atoms with van der Waals surface area (Å²) in [6.45, 7) is 7.31. The zero-order chi connectivity index (χ0) is 30.6. The predicted molar refractivity (Wildman–Crippen MR) is 164 cm³/mol. The minimum Gasteiger partial charge on any atom is -0.297 e. The maximum absolute atomic E-state index is 12.2. The third-order valence-corrected chi connectivity index (χ3v) is 7.98. The van der Waals surface area contributed by atoms with E-state index < -0.39 is 22.6 Å². The number of ketones is 2. The molecule has 0 spiro atoms. The van der Waals surface area contributed by atoms with E-state index in [0.29, 0.717) is 12.8 Å². The summed E-state index contributed by atoms with van der Waals surface area (Å²) in [4.78, 5) is 33.9. The smallest absolute Gasteiger partial charge is 0.297 e. The van der Waals surface area contributed by atoms with Crippen LogP contribution in [-0.2, 0) is 38.4 Å². The summed E-state index contributed by atoms with van der Waals surface area (Å²) in [5.74, 6) is -0.486. The van der Waals surface area contributed by atoms with Gasteiger partial charge in [0.1, 0.15) is 12.2 Å². The molecule has 0 rings (SSSR count). The van der Waals surface area contributed by atoms with Gasteiger partial charge >= 0.3 is 10.4 Å². The second-order valence-electron chi connectivity index (χ2n) is 11.5. The van der Waals surface area contributed by atoms with Crippen molar-refractivity contribution in [2.75, 3.05) is 0 Å². The van der Waals surface area contributed by atoms with Crippen molar-refractivity contribution in [2.24, 2.45) is 0 Å². The van der Waals surface area contributed by atoms with Crippen molar-refractivity contribution < 1.29 is 36.4 Å². The molecule has 0 aromatic carbocycles. The average Bonchev–Trinajstić information content (AvgIpc) is 2.96. The minimum atomic E-state index is -4.68. The van der Waals surface area contributed by atoms with Crippen LogP contribution in [0, 0.1) is 0 Å². The lowest BCUT2D eigenvalue weighted by Crippen LogP contribution is -2.26. The first-order chi connectivity index (χ1) is 19.7. The number of Topliss-reactive ketones (excluding diaryl/α,β-unsaturated/α-hetero) is 2. The molecule has 0 heterocycles. The van der Waals surface area contributed by atoms with Crippen molar-refractivity contribution >= 4 is 22.0 Å². The summed E-state index contributed by atoms with van der Waals surface area (Å²) >= 11 is 0. The van der Waals surface area contributed by atoms with Gasteiger partial charge < -0.3 is 0 Å². The molecular formula is C32H62O8S. The van der Waals surface area contributed by atoms with Crippen LogP contribution in [0.15, 0.2) is 0 Å². The van der Waals surface area contributed by atoms with Gasteiger partial charge in [-0.1, -0.05) is 151 Å². The maximum atomic E-state index is 12.2. The Kier molecular flexibility index (Phi) is 27.3. The van der Waals surface area contributed by atoms with Gasteiger partial charge in [-0.2, -0.15) is 8.42 Å². The Morgan fingerprint density at radius 2 is 0.707 bits per heavy atom. The van der Waals surface area contributed by atoms with Crippen LogP contribution in [0.4, 0.5) is 0 Å². The quantitative estimate of drug-likeness (QED) is 0.0423. The Morgan fingerprint density at radius 3 is 0.976 bits per heavy atom. The van der Waals surface area contributed by atoms with Gasteiger partial charge in [0.05, 0.1) is 0 Å². The normalized spacial score (nSPS) is 13.4. The highest BCUT2D eigenvalue weighted by Crippen LogP contribution is 2.15. The third kappa shape index (κ3) is 26.5. The van der Waals surface area contributed by atoms with E-state index in [0.717, 1.165) is 38.5 Å². The monoisotopic (exact) mass is 606 g/mol. The van der Waals surface area contributed by atoms with E-state index in [1.165, 1.54) is 117 Å². The van der Waals surface area contributed by atoms with Gasteiger partial charge in [0.2, 0.25) is 0 Å². The fraction of sp³-hybridized carbons (Fsp3) is 0.938. The first-order valence-corrected chi connectivity index (χ1v) is 18.1. The molecule has 2 atom stereocenters. The summed E-state index contributed by atoms with van der Waals surface area (Å²) in [5, 5.41) is 0. The minimum absolute atomic E-state index is 0.243. The van der Waals surface area contributed by atoms with Crippen molar-refractivity contribution in [1.82, 2.24) is 0 Å². The largest absolute Gasteiger partial charge is 0.453 e. The zero-order valence-electron chi connectivity index (χ0n) is 26.8. The molecule has 0 aromatic rings. The van der Waals surface area contributed by atoms with Crippen molar-refractivity contribution in [2.45, 2.75) is 194 Å². The highest BCUT2D eigenvalue weighted by molar-refractivity contribution is 7.81. The lowest BCUT2D eigenvalue weighted by Gasteiger charge is -2.12. The molecule has 0 bridgehead atoms. The number of unbranched alkanes of at least 4 members (excludes halogenated alkanes) is 20. The van der Waals surface area contributed by atoms with E-state index in [9.17, 15) is 18.0 Å². The molecule has 0 saturated carbocycles. The van der Waals surface area contributed by atoms with Crippen molar-refractivity contribution in [1.29, 1.82) is 0 Å². The average molecular weight is 607 g/mol. The molecule has 0 radical (unpaired) electrons. The summed E-state index contributed by atoms with van der Waals surface area (Å²) in [5.41, 5.74) is 0. The zero-order valence-corrected chi connectivity index (χ0v) is 27.6. The van der Waals surface area contributed by atoms with Crippen LogP contribution in [0.25, 0.3) is 0 Å². The molecule has 2 unspecified atom stereocenters. The summed E-state index contributed by atoms with van der Waals surface area (Å²) in [6, 6.07) is 0. The molecule has 9 heteroatoms. The van der Waals surface area contributed by atoms with E-state index in [2.05, 4.69) is 22.5 Å². The molecule has 8 nitrogen and oxygen atoms in total. The second kappa shape index (κ2) is 27.9. The Morgan fingerprint density at radius 1 is 0.463 bits per heavy atom. The van der Waals surface area contributed by atoms with Crippen molar-refractivity contribution in [3.8, 4) is 0 Å². The highest BCUT2D eigenvalue weighted by Gasteiger charge is 2.24. The number of carbonyl (C=O) groups is 2. The highest BCUT2D eigenvalue weighted by atomic mass is 32.3. The molecule has 0 fully saturated rings. The van der Waals surface area contributed by atoms with Gasteiger partial charge in [0, 0.05) is 12.8 Å². The SMILES string of the molecule is CCCCCCCCCCCCCC(=O)C(C)OOS(=O)(=O)OOC(C)C(=O)CCCCCCCCCCCCC. The fourth-order valence-electron chi connectivity index (χ4n) is 4.67. The molecule has 41 heavy (non-hydrogen) atoms. The number of carbonyl (C=O) groups excluding carboxylic acids is 2. The molecule has 0 aliphatic heterocycles. The van der Waals surface area contributed by atoms with E-state index in [4.69, 9.17) is 9.78 Å². The summed E-state index contributed by atoms with van der Waals surface area (Å²) < 4.78 is 32.4. The molecule has 0 saturated heterocycles. The first-order valence-electron chi connectivity index (χ1n) is 16.7. The van der Waals surface area contributed by atoms with Gasteiger partial charge in [-0.25, -0.2) is 9.78 Å². The number of hydrogen-bond donors (Lipinski definition) is 0. The van der Waals surface area contributed by atoms with E-state index in [1.54, 1.807) is 0 Å². The Hall–Kier alpha value is -0.870. The van der Waals surface area contributed by atoms with Gasteiger partial charge in [0.25, 0.3) is 0 Å². The summed E-state index contributed by atoms with van der Waals surface area (Å²) in [7, 11) is -4.68. The van der Waals surface area contributed by atoms with Crippen LogP contribution in [0.1, 0.15) is 182 Å². The Bertz CT molecular complexity index is 671. The molecule has 0 aliphatic carbocycles. The van der Waals surface area contributed by atoms with Crippen LogP contribution in [0.5, 0.6) is 0 Å². The fourth-order valence-corrected chi connectivity index (χ4v) is 5.12. The number of hydrogen-bond acceptors (Lipinski definition) is 8. The van der Waals surface area contributed by atoms with Crippen LogP contribution < -0.4 is 0 Å². The van der Waals surface area contributed by atoms with Crippen molar-refractivity contribution in [3.63, 3.8) is 0 Å². The van der Waals surface area contributed by atoms with Gasteiger partial charge in [-0.05, 0) is 26.7 Å². The summed E-state index contributed by atoms with van der Waals surface area (Å²) in [6.07, 6.45) is 24.5.